The van der Waals surface area contributed by atoms with E-state index >= 15 is 0 Å². The van der Waals surface area contributed by atoms with E-state index in [9.17, 15) is 9.59 Å². The summed E-state index contributed by atoms with van der Waals surface area (Å²) in [4.78, 5) is 26.5. The average molecular weight is 338 g/mol. The molecule has 25 heavy (non-hydrogen) atoms. The predicted molar refractivity (Wildman–Crippen MR) is 96.5 cm³/mol. The Morgan fingerprint density at radius 1 is 1.20 bits per heavy atom. The lowest BCUT2D eigenvalue weighted by atomic mass is 10.1. The number of carbonyl (C=O) groups excluding carboxylic acids is 2. The third-order valence-corrected chi connectivity index (χ3v) is 4.53. The van der Waals surface area contributed by atoms with Crippen LogP contribution < -0.4 is 15.0 Å². The van der Waals surface area contributed by atoms with Gasteiger partial charge in [0.05, 0.1) is 13.0 Å². The average Bonchev–Trinajstić information content (AvgIpc) is 3.02. The van der Waals surface area contributed by atoms with Crippen LogP contribution in [-0.2, 0) is 16.1 Å². The van der Waals surface area contributed by atoms with Gasteiger partial charge in [-0.25, -0.2) is 0 Å². The highest BCUT2D eigenvalue weighted by Gasteiger charge is 2.35. The second-order valence-corrected chi connectivity index (χ2v) is 6.26. The van der Waals surface area contributed by atoms with Gasteiger partial charge in [-0.1, -0.05) is 30.3 Å². The summed E-state index contributed by atoms with van der Waals surface area (Å²) < 4.78 is 5.12. The zero-order chi connectivity index (χ0) is 17.8. The van der Waals surface area contributed by atoms with Crippen molar-refractivity contribution in [1.29, 1.82) is 0 Å². The quantitative estimate of drug-likeness (QED) is 0.912. The molecule has 0 aromatic heterocycles. The number of hydrogen-bond acceptors (Lipinski definition) is 3. The van der Waals surface area contributed by atoms with E-state index in [2.05, 4.69) is 5.32 Å². The topological polar surface area (TPSA) is 58.6 Å². The molecule has 0 bridgehead atoms. The summed E-state index contributed by atoms with van der Waals surface area (Å²) in [5, 5.41) is 2.93. The Morgan fingerprint density at radius 2 is 1.92 bits per heavy atom. The van der Waals surface area contributed by atoms with Gasteiger partial charge in [0.2, 0.25) is 11.8 Å². The molecule has 1 aliphatic heterocycles. The smallest absolute Gasteiger partial charge is 0.227 e. The van der Waals surface area contributed by atoms with E-state index < -0.39 is 0 Å². The number of methoxy groups -OCH3 is 1. The molecule has 0 aliphatic carbocycles. The number of nitrogens with one attached hydrogen (secondary N) is 1. The zero-order valence-corrected chi connectivity index (χ0v) is 14.5. The molecule has 2 aromatic rings. The molecule has 1 atom stereocenters. The molecule has 130 valence electrons. The minimum atomic E-state index is -0.314. The molecular weight excluding hydrogens is 316 g/mol. The first-order valence-electron chi connectivity index (χ1n) is 8.35. The van der Waals surface area contributed by atoms with Crippen LogP contribution in [0.3, 0.4) is 0 Å². The first-order chi connectivity index (χ1) is 12.1. The molecule has 1 saturated heterocycles. The fourth-order valence-electron chi connectivity index (χ4n) is 3.06. The summed E-state index contributed by atoms with van der Waals surface area (Å²) >= 11 is 0. The molecule has 2 aromatic carbocycles. The Kier molecular flexibility index (Phi) is 5.03. The van der Waals surface area contributed by atoms with E-state index in [0.717, 1.165) is 22.6 Å². The summed E-state index contributed by atoms with van der Waals surface area (Å²) in [7, 11) is 1.62. The number of ether oxygens (including phenoxy) is 1. The van der Waals surface area contributed by atoms with Crippen LogP contribution in [0.15, 0.2) is 48.5 Å². The van der Waals surface area contributed by atoms with Crippen LogP contribution >= 0.6 is 0 Å². The second-order valence-electron chi connectivity index (χ2n) is 6.26. The molecule has 1 unspecified atom stereocenters. The Morgan fingerprint density at radius 3 is 2.60 bits per heavy atom. The molecule has 1 aliphatic rings. The zero-order valence-electron chi connectivity index (χ0n) is 14.5. The predicted octanol–water partition coefficient (Wildman–Crippen LogP) is 2.67. The van der Waals surface area contributed by atoms with Gasteiger partial charge < -0.3 is 15.0 Å². The number of benzene rings is 2. The fourth-order valence-corrected chi connectivity index (χ4v) is 3.06. The molecule has 0 radical (unpaired) electrons. The van der Waals surface area contributed by atoms with Gasteiger partial charge >= 0.3 is 0 Å². The van der Waals surface area contributed by atoms with Crippen molar-refractivity contribution in [3.8, 4) is 5.75 Å². The first kappa shape index (κ1) is 17.0. The van der Waals surface area contributed by atoms with Gasteiger partial charge in [-0.15, -0.1) is 0 Å². The molecule has 5 heteroatoms. The lowest BCUT2D eigenvalue weighted by Crippen LogP contribution is -2.32. The van der Waals surface area contributed by atoms with Gasteiger partial charge in [0, 0.05) is 25.2 Å². The van der Waals surface area contributed by atoms with E-state index in [1.165, 1.54) is 0 Å². The van der Waals surface area contributed by atoms with Gasteiger partial charge in [-0.05, 0) is 36.2 Å². The Balaban J connectivity index is 1.60. The maximum atomic E-state index is 12.4. The second kappa shape index (κ2) is 7.38. The summed E-state index contributed by atoms with van der Waals surface area (Å²) in [5.41, 5.74) is 2.92. The number of nitrogens with zero attached hydrogens (tertiary/aromatic N) is 1. The van der Waals surface area contributed by atoms with Crippen LogP contribution in [0.2, 0.25) is 0 Å². The molecule has 0 saturated carbocycles. The number of carbonyl (C=O) groups is 2. The summed E-state index contributed by atoms with van der Waals surface area (Å²) in [6.45, 7) is 2.84. The van der Waals surface area contributed by atoms with Crippen molar-refractivity contribution in [3.05, 3.63) is 59.7 Å². The van der Waals surface area contributed by atoms with Crippen molar-refractivity contribution in [2.24, 2.45) is 5.92 Å². The molecule has 1 fully saturated rings. The van der Waals surface area contributed by atoms with Crippen LogP contribution in [0.4, 0.5) is 5.69 Å². The molecule has 2 amide bonds. The normalized spacial score (nSPS) is 16.8. The minimum Gasteiger partial charge on any atom is -0.497 e. The Hall–Kier alpha value is -2.82. The number of rotatable bonds is 5. The Labute approximate surface area is 147 Å². The van der Waals surface area contributed by atoms with Gasteiger partial charge in [0.1, 0.15) is 5.75 Å². The van der Waals surface area contributed by atoms with E-state index in [1.54, 1.807) is 12.0 Å². The van der Waals surface area contributed by atoms with Crippen molar-refractivity contribution < 1.29 is 14.3 Å². The number of hydrogen-bond donors (Lipinski definition) is 1. The van der Waals surface area contributed by atoms with E-state index in [4.69, 9.17) is 4.74 Å². The monoisotopic (exact) mass is 338 g/mol. The third-order valence-electron chi connectivity index (χ3n) is 4.53. The van der Waals surface area contributed by atoms with Crippen molar-refractivity contribution >= 4 is 17.5 Å². The standard InChI is InChI=1S/C20H22N2O3/c1-14-5-3-4-6-18(14)22-13-16(11-19(22)23)20(24)21-12-15-7-9-17(25-2)10-8-15/h3-10,16H,11-13H2,1-2H3,(H,21,24). The van der Waals surface area contributed by atoms with Crippen molar-refractivity contribution in [2.45, 2.75) is 19.9 Å². The summed E-state index contributed by atoms with van der Waals surface area (Å²) in [6, 6.07) is 15.3. The van der Waals surface area contributed by atoms with Crippen LogP contribution in [0, 0.1) is 12.8 Å². The number of aryl methyl sites for hydroxylation is 1. The van der Waals surface area contributed by atoms with E-state index in [1.807, 2.05) is 55.5 Å². The first-order valence-corrected chi connectivity index (χ1v) is 8.35. The van der Waals surface area contributed by atoms with Crippen LogP contribution in [0.5, 0.6) is 5.75 Å². The molecule has 0 spiro atoms. The van der Waals surface area contributed by atoms with Crippen molar-refractivity contribution in [3.63, 3.8) is 0 Å². The van der Waals surface area contributed by atoms with Crippen molar-refractivity contribution in [2.75, 3.05) is 18.6 Å². The summed E-state index contributed by atoms with van der Waals surface area (Å²) in [5.74, 6) is 0.384. The largest absolute Gasteiger partial charge is 0.497 e. The molecule has 1 N–H and O–H groups in total. The molecular formula is C20H22N2O3. The molecule has 5 nitrogen and oxygen atoms in total. The highest BCUT2D eigenvalue weighted by atomic mass is 16.5. The van der Waals surface area contributed by atoms with Crippen LogP contribution in [-0.4, -0.2) is 25.5 Å². The van der Waals surface area contributed by atoms with E-state index in [0.29, 0.717) is 13.1 Å². The molecule has 1 heterocycles. The molecule has 3 rings (SSSR count). The van der Waals surface area contributed by atoms with Gasteiger partial charge in [0.15, 0.2) is 0 Å². The number of para-hydroxylation sites is 1. The number of amides is 2. The van der Waals surface area contributed by atoms with Gasteiger partial charge in [0.25, 0.3) is 0 Å². The SMILES string of the molecule is COc1ccc(CNC(=O)C2CC(=O)N(c3ccccc3C)C2)cc1. The van der Waals surface area contributed by atoms with Gasteiger partial charge in [-0.2, -0.15) is 0 Å². The highest BCUT2D eigenvalue weighted by Crippen LogP contribution is 2.27. The minimum absolute atomic E-state index is 0.00102. The highest BCUT2D eigenvalue weighted by molar-refractivity contribution is 6.00. The lowest BCUT2D eigenvalue weighted by molar-refractivity contribution is -0.126. The van der Waals surface area contributed by atoms with Crippen LogP contribution in [0.1, 0.15) is 17.5 Å². The fraction of sp³-hybridized carbons (Fsp3) is 0.300. The maximum absolute atomic E-state index is 12.4. The van der Waals surface area contributed by atoms with Crippen LogP contribution in [0.25, 0.3) is 0 Å². The summed E-state index contributed by atoms with van der Waals surface area (Å²) in [6.07, 6.45) is 0.253. The van der Waals surface area contributed by atoms with Crippen molar-refractivity contribution in [1.82, 2.24) is 5.32 Å². The van der Waals surface area contributed by atoms with E-state index in [-0.39, 0.29) is 24.2 Å². The third kappa shape index (κ3) is 3.82. The maximum Gasteiger partial charge on any atom is 0.227 e. The van der Waals surface area contributed by atoms with Gasteiger partial charge in [-0.3, -0.25) is 9.59 Å². The Bertz CT molecular complexity index is 771. The number of anilines is 1. The lowest BCUT2D eigenvalue weighted by Gasteiger charge is -2.19.